The summed E-state index contributed by atoms with van der Waals surface area (Å²) in [7, 11) is 0. The van der Waals surface area contributed by atoms with E-state index in [4.69, 9.17) is 5.26 Å². The van der Waals surface area contributed by atoms with E-state index in [-0.39, 0.29) is 12.5 Å². The lowest BCUT2D eigenvalue weighted by Crippen LogP contribution is -2.20. The van der Waals surface area contributed by atoms with E-state index in [1.54, 1.807) is 0 Å². The van der Waals surface area contributed by atoms with Crippen LogP contribution in [0.2, 0.25) is 0 Å². The summed E-state index contributed by atoms with van der Waals surface area (Å²) in [6.45, 7) is 5.19. The summed E-state index contributed by atoms with van der Waals surface area (Å²) in [6.07, 6.45) is 3.20. The van der Waals surface area contributed by atoms with Gasteiger partial charge in [-0.25, -0.2) is 4.98 Å². The van der Waals surface area contributed by atoms with Gasteiger partial charge in [0.1, 0.15) is 11.9 Å². The molecular weight excluding hydrogens is 214 g/mol. The Kier molecular flexibility index (Phi) is 3.49. The molecule has 0 radical (unpaired) electrons. The van der Waals surface area contributed by atoms with E-state index in [1.807, 2.05) is 0 Å². The van der Waals surface area contributed by atoms with E-state index in [0.717, 1.165) is 37.3 Å². The van der Waals surface area contributed by atoms with Crippen molar-refractivity contribution < 1.29 is 5.11 Å². The zero-order chi connectivity index (χ0) is 12.4. The maximum atomic E-state index is 9.50. The lowest BCUT2D eigenvalue weighted by Gasteiger charge is -2.22. The van der Waals surface area contributed by atoms with E-state index >= 15 is 0 Å². The SMILES string of the molecule is CC(C)C(CO)c1nc(C#N)c2n1CCCC2. The minimum atomic E-state index is 0.0361. The third-order valence-electron chi connectivity index (χ3n) is 3.59. The zero-order valence-electron chi connectivity index (χ0n) is 10.5. The molecule has 0 saturated heterocycles. The van der Waals surface area contributed by atoms with Gasteiger partial charge >= 0.3 is 0 Å². The van der Waals surface area contributed by atoms with Gasteiger partial charge in [0.2, 0.25) is 0 Å². The Morgan fingerprint density at radius 3 is 2.82 bits per heavy atom. The molecule has 0 fully saturated rings. The van der Waals surface area contributed by atoms with Gasteiger partial charge in [0.25, 0.3) is 0 Å². The molecule has 17 heavy (non-hydrogen) atoms. The van der Waals surface area contributed by atoms with Crippen LogP contribution in [-0.2, 0) is 13.0 Å². The highest BCUT2D eigenvalue weighted by Crippen LogP contribution is 2.28. The van der Waals surface area contributed by atoms with Crippen molar-refractivity contribution in [3.05, 3.63) is 17.2 Å². The van der Waals surface area contributed by atoms with Gasteiger partial charge in [-0.15, -0.1) is 0 Å². The number of imidazole rings is 1. The van der Waals surface area contributed by atoms with Gasteiger partial charge in [0.05, 0.1) is 12.3 Å². The smallest absolute Gasteiger partial charge is 0.161 e. The van der Waals surface area contributed by atoms with Crippen LogP contribution < -0.4 is 0 Å². The largest absolute Gasteiger partial charge is 0.396 e. The highest BCUT2D eigenvalue weighted by molar-refractivity contribution is 5.31. The van der Waals surface area contributed by atoms with E-state index in [2.05, 4.69) is 29.5 Å². The van der Waals surface area contributed by atoms with E-state index < -0.39 is 0 Å². The van der Waals surface area contributed by atoms with Gasteiger partial charge in [-0.1, -0.05) is 13.8 Å². The molecule has 4 heteroatoms. The van der Waals surface area contributed by atoms with Crippen molar-refractivity contribution in [2.24, 2.45) is 5.92 Å². The van der Waals surface area contributed by atoms with Crippen molar-refractivity contribution in [1.82, 2.24) is 9.55 Å². The Bertz CT molecular complexity index is 442. The molecule has 0 spiro atoms. The summed E-state index contributed by atoms with van der Waals surface area (Å²) >= 11 is 0. The molecule has 1 atom stereocenters. The zero-order valence-corrected chi connectivity index (χ0v) is 10.5. The second-order valence-corrected chi connectivity index (χ2v) is 5.02. The first kappa shape index (κ1) is 12.1. The molecule has 0 amide bonds. The molecule has 2 heterocycles. The maximum absolute atomic E-state index is 9.50. The molecule has 1 aliphatic heterocycles. The molecule has 0 bridgehead atoms. The van der Waals surface area contributed by atoms with Crippen molar-refractivity contribution >= 4 is 0 Å². The lowest BCUT2D eigenvalue weighted by atomic mass is 9.95. The second kappa shape index (κ2) is 4.89. The van der Waals surface area contributed by atoms with Crippen molar-refractivity contribution in [2.45, 2.75) is 45.6 Å². The molecule has 1 N–H and O–H groups in total. The van der Waals surface area contributed by atoms with Gasteiger partial charge in [-0.2, -0.15) is 5.26 Å². The Labute approximate surface area is 102 Å². The van der Waals surface area contributed by atoms with E-state index in [9.17, 15) is 5.11 Å². The Morgan fingerprint density at radius 1 is 1.47 bits per heavy atom. The molecule has 1 unspecified atom stereocenters. The van der Waals surface area contributed by atoms with Crippen LogP contribution in [-0.4, -0.2) is 21.3 Å². The van der Waals surface area contributed by atoms with Gasteiger partial charge < -0.3 is 9.67 Å². The predicted octanol–water partition coefficient (Wildman–Crippen LogP) is 1.82. The maximum Gasteiger partial charge on any atom is 0.161 e. The molecule has 0 aliphatic carbocycles. The second-order valence-electron chi connectivity index (χ2n) is 5.02. The summed E-state index contributed by atoms with van der Waals surface area (Å²) in [4.78, 5) is 4.44. The van der Waals surface area contributed by atoms with Crippen molar-refractivity contribution in [2.75, 3.05) is 6.61 Å². The molecule has 92 valence electrons. The van der Waals surface area contributed by atoms with Crippen LogP contribution in [0.1, 0.15) is 49.8 Å². The van der Waals surface area contributed by atoms with Crippen molar-refractivity contribution in [3.8, 4) is 6.07 Å². The summed E-state index contributed by atoms with van der Waals surface area (Å²) in [5.74, 6) is 1.27. The quantitative estimate of drug-likeness (QED) is 0.866. The Morgan fingerprint density at radius 2 is 2.24 bits per heavy atom. The first-order valence-corrected chi connectivity index (χ1v) is 6.29. The van der Waals surface area contributed by atoms with Crippen molar-refractivity contribution in [1.29, 1.82) is 5.26 Å². The van der Waals surface area contributed by atoms with Crippen LogP contribution in [0.4, 0.5) is 0 Å². The number of hydrogen-bond donors (Lipinski definition) is 1. The van der Waals surface area contributed by atoms with Crippen LogP contribution in [0, 0.1) is 17.2 Å². The first-order chi connectivity index (χ1) is 8.19. The average molecular weight is 233 g/mol. The third-order valence-corrected chi connectivity index (χ3v) is 3.59. The third kappa shape index (κ3) is 2.07. The fraction of sp³-hybridized carbons (Fsp3) is 0.692. The molecule has 0 aromatic carbocycles. The number of nitriles is 1. The predicted molar refractivity (Wildman–Crippen MR) is 64.5 cm³/mol. The highest BCUT2D eigenvalue weighted by Gasteiger charge is 2.26. The highest BCUT2D eigenvalue weighted by atomic mass is 16.3. The number of hydrogen-bond acceptors (Lipinski definition) is 3. The molecule has 4 nitrogen and oxygen atoms in total. The molecule has 1 aromatic rings. The fourth-order valence-corrected chi connectivity index (χ4v) is 2.53. The number of aliphatic hydroxyl groups is 1. The topological polar surface area (TPSA) is 61.8 Å². The number of nitrogens with zero attached hydrogens (tertiary/aromatic N) is 3. The Hall–Kier alpha value is -1.34. The minimum absolute atomic E-state index is 0.0361. The summed E-state index contributed by atoms with van der Waals surface area (Å²) in [6, 6.07) is 2.18. The van der Waals surface area contributed by atoms with Crippen LogP contribution in [0.5, 0.6) is 0 Å². The lowest BCUT2D eigenvalue weighted by molar-refractivity contribution is 0.227. The van der Waals surface area contributed by atoms with E-state index in [1.165, 1.54) is 0 Å². The van der Waals surface area contributed by atoms with Crippen LogP contribution in [0.3, 0.4) is 0 Å². The van der Waals surface area contributed by atoms with Gasteiger partial charge in [0, 0.05) is 12.5 Å². The number of aromatic nitrogens is 2. The monoisotopic (exact) mass is 233 g/mol. The molecular formula is C13H19N3O. The van der Waals surface area contributed by atoms with Crippen LogP contribution in [0.15, 0.2) is 0 Å². The molecule has 1 aromatic heterocycles. The summed E-state index contributed by atoms with van der Waals surface area (Å²) in [5.41, 5.74) is 1.62. The standard InChI is InChI=1S/C13H19N3O/c1-9(2)10(8-17)13-15-11(7-14)12-5-3-4-6-16(12)13/h9-10,17H,3-6,8H2,1-2H3. The molecule has 1 aliphatic rings. The normalized spacial score (nSPS) is 16.6. The molecule has 0 saturated carbocycles. The van der Waals surface area contributed by atoms with Crippen LogP contribution >= 0.6 is 0 Å². The average Bonchev–Trinajstić information content (AvgIpc) is 2.69. The summed E-state index contributed by atoms with van der Waals surface area (Å²) in [5, 5.41) is 18.6. The van der Waals surface area contributed by atoms with E-state index in [0.29, 0.717) is 11.6 Å². The van der Waals surface area contributed by atoms with Crippen molar-refractivity contribution in [3.63, 3.8) is 0 Å². The number of rotatable bonds is 3. The first-order valence-electron chi connectivity index (χ1n) is 6.29. The van der Waals surface area contributed by atoms with Gasteiger partial charge in [0.15, 0.2) is 5.69 Å². The Balaban J connectivity index is 2.47. The van der Waals surface area contributed by atoms with Crippen LogP contribution in [0.25, 0.3) is 0 Å². The van der Waals surface area contributed by atoms with Gasteiger partial charge in [-0.05, 0) is 25.2 Å². The molecule has 2 rings (SSSR count). The van der Waals surface area contributed by atoms with Gasteiger partial charge in [-0.3, -0.25) is 0 Å². The summed E-state index contributed by atoms with van der Waals surface area (Å²) < 4.78 is 2.16. The number of aliphatic hydroxyl groups excluding tert-OH is 1. The minimum Gasteiger partial charge on any atom is -0.396 e. The fourth-order valence-electron chi connectivity index (χ4n) is 2.53. The number of fused-ring (bicyclic) bond motifs is 1.